The van der Waals surface area contributed by atoms with Gasteiger partial charge in [0, 0.05) is 32.4 Å². The van der Waals surface area contributed by atoms with E-state index in [2.05, 4.69) is 4.98 Å². The molecule has 0 spiro atoms. The molecule has 0 bridgehead atoms. The minimum absolute atomic E-state index is 0.00112. The van der Waals surface area contributed by atoms with Crippen molar-refractivity contribution in [2.45, 2.75) is 11.1 Å². The average Bonchev–Trinajstić information content (AvgIpc) is 2.69. The molecular weight excluding hydrogens is 454 g/mol. The van der Waals surface area contributed by atoms with Crippen molar-refractivity contribution >= 4 is 39.1 Å². The van der Waals surface area contributed by atoms with E-state index in [0.717, 1.165) is 18.3 Å². The van der Waals surface area contributed by atoms with Gasteiger partial charge in [-0.25, -0.2) is 8.42 Å². The number of carbonyl (C=O) groups excluding carboxylic acids is 1. The number of sulfonamides is 1. The number of pyridine rings is 1. The van der Waals surface area contributed by atoms with Crippen LogP contribution < -0.4 is 0 Å². The summed E-state index contributed by atoms with van der Waals surface area (Å²) in [6.45, 7) is 0.228. The number of halogens is 5. The van der Waals surface area contributed by atoms with E-state index in [1.807, 2.05) is 0 Å². The van der Waals surface area contributed by atoms with E-state index >= 15 is 0 Å². The zero-order valence-electron chi connectivity index (χ0n) is 14.7. The smallest absolute Gasteiger partial charge is 0.336 e. The maximum atomic E-state index is 12.7. The van der Waals surface area contributed by atoms with Crippen molar-refractivity contribution in [2.75, 3.05) is 26.2 Å². The lowest BCUT2D eigenvalue weighted by atomic mass is 10.2. The quantitative estimate of drug-likeness (QED) is 0.691. The van der Waals surface area contributed by atoms with Crippen molar-refractivity contribution < 1.29 is 26.4 Å². The van der Waals surface area contributed by atoms with Crippen LogP contribution in [0.2, 0.25) is 10.0 Å². The highest BCUT2D eigenvalue weighted by molar-refractivity contribution is 7.89. The van der Waals surface area contributed by atoms with Gasteiger partial charge in [-0.1, -0.05) is 23.2 Å². The van der Waals surface area contributed by atoms with Gasteiger partial charge in [0.25, 0.3) is 5.91 Å². The number of hydrogen-bond donors (Lipinski definition) is 0. The van der Waals surface area contributed by atoms with Crippen LogP contribution in [0.25, 0.3) is 0 Å². The third kappa shape index (κ3) is 4.66. The van der Waals surface area contributed by atoms with Gasteiger partial charge in [0.05, 0.1) is 20.5 Å². The minimum Gasteiger partial charge on any atom is -0.336 e. The van der Waals surface area contributed by atoms with Crippen LogP contribution in [0.4, 0.5) is 13.2 Å². The highest BCUT2D eigenvalue weighted by Crippen LogP contribution is 2.28. The number of nitrogens with zero attached hydrogens (tertiary/aromatic N) is 3. The van der Waals surface area contributed by atoms with E-state index in [0.29, 0.717) is 0 Å². The summed E-state index contributed by atoms with van der Waals surface area (Å²) in [7, 11) is -3.82. The fourth-order valence-corrected chi connectivity index (χ4v) is 4.60. The number of alkyl halides is 3. The van der Waals surface area contributed by atoms with E-state index in [-0.39, 0.29) is 46.7 Å². The molecule has 156 valence electrons. The fraction of sp³-hybridized carbons (Fsp3) is 0.294. The molecule has 0 N–H and O–H groups in total. The summed E-state index contributed by atoms with van der Waals surface area (Å²) in [6, 6.07) is 5.77. The minimum atomic E-state index is -4.59. The molecule has 2 heterocycles. The van der Waals surface area contributed by atoms with Crippen LogP contribution >= 0.6 is 23.2 Å². The molecule has 2 aromatic rings. The number of carbonyl (C=O) groups is 1. The molecule has 3 rings (SSSR count). The molecule has 1 aromatic carbocycles. The molecule has 29 heavy (non-hydrogen) atoms. The average molecular weight is 468 g/mol. The van der Waals surface area contributed by atoms with Gasteiger partial charge in [-0.3, -0.25) is 9.78 Å². The van der Waals surface area contributed by atoms with Gasteiger partial charge in [0.15, 0.2) is 0 Å². The summed E-state index contributed by atoms with van der Waals surface area (Å²) in [5, 5.41) is 0.336. The first-order valence-electron chi connectivity index (χ1n) is 8.28. The van der Waals surface area contributed by atoms with Crippen LogP contribution in [0.5, 0.6) is 0 Å². The SMILES string of the molecule is O=C(c1ccc(C(F)(F)F)nc1)N1CCN(S(=O)(=O)c2ccc(Cl)c(Cl)c2)CC1. The highest BCUT2D eigenvalue weighted by Gasteiger charge is 2.33. The van der Waals surface area contributed by atoms with Crippen LogP contribution in [-0.4, -0.2) is 54.7 Å². The second-order valence-corrected chi connectivity index (χ2v) is 8.95. The normalized spacial score (nSPS) is 16.1. The Morgan fingerprint density at radius 1 is 1.00 bits per heavy atom. The van der Waals surface area contributed by atoms with Crippen molar-refractivity contribution in [3.8, 4) is 0 Å². The lowest BCUT2D eigenvalue weighted by Crippen LogP contribution is -2.50. The van der Waals surface area contributed by atoms with E-state index in [4.69, 9.17) is 23.2 Å². The molecular formula is C17H14Cl2F3N3O3S. The Balaban J connectivity index is 1.68. The highest BCUT2D eigenvalue weighted by atomic mass is 35.5. The molecule has 6 nitrogen and oxygen atoms in total. The van der Waals surface area contributed by atoms with Gasteiger partial charge in [0.2, 0.25) is 10.0 Å². The van der Waals surface area contributed by atoms with Crippen molar-refractivity contribution in [1.29, 1.82) is 0 Å². The summed E-state index contributed by atoms with van der Waals surface area (Å²) in [5.74, 6) is -0.516. The van der Waals surface area contributed by atoms with E-state index in [1.54, 1.807) is 0 Å². The standard InChI is InChI=1S/C17H14Cl2F3N3O3S/c18-13-3-2-12(9-14(13)19)29(27,28)25-7-5-24(6-8-25)16(26)11-1-4-15(23-10-11)17(20,21)22/h1-4,9-10H,5-8H2. The third-order valence-corrected chi connectivity index (χ3v) is 6.99. The first kappa shape index (κ1) is 21.8. The predicted molar refractivity (Wildman–Crippen MR) is 100 cm³/mol. The van der Waals surface area contributed by atoms with Gasteiger partial charge in [0.1, 0.15) is 5.69 Å². The third-order valence-electron chi connectivity index (χ3n) is 4.36. The van der Waals surface area contributed by atoms with Gasteiger partial charge in [-0.05, 0) is 30.3 Å². The first-order valence-corrected chi connectivity index (χ1v) is 10.5. The molecule has 0 radical (unpaired) electrons. The maximum Gasteiger partial charge on any atom is 0.433 e. The van der Waals surface area contributed by atoms with Crippen molar-refractivity contribution in [2.24, 2.45) is 0 Å². The summed E-state index contributed by atoms with van der Waals surface area (Å²) in [5.41, 5.74) is -1.09. The number of piperazine rings is 1. The molecule has 1 aliphatic heterocycles. The van der Waals surface area contributed by atoms with Crippen molar-refractivity contribution in [3.05, 3.63) is 57.8 Å². The van der Waals surface area contributed by atoms with Crippen LogP contribution in [0.3, 0.4) is 0 Å². The Hall–Kier alpha value is -1.88. The van der Waals surface area contributed by atoms with Gasteiger partial charge >= 0.3 is 6.18 Å². The summed E-state index contributed by atoms with van der Waals surface area (Å²) < 4.78 is 64.4. The maximum absolute atomic E-state index is 12.7. The molecule has 0 atom stereocenters. The Bertz CT molecular complexity index is 1020. The van der Waals surface area contributed by atoms with Gasteiger partial charge < -0.3 is 4.90 Å². The lowest BCUT2D eigenvalue weighted by Gasteiger charge is -2.34. The Morgan fingerprint density at radius 3 is 2.17 bits per heavy atom. The Labute approximate surface area is 174 Å². The van der Waals surface area contributed by atoms with Crippen LogP contribution in [0.1, 0.15) is 16.1 Å². The second kappa shape index (κ2) is 8.10. The number of aromatic nitrogens is 1. The lowest BCUT2D eigenvalue weighted by molar-refractivity contribution is -0.141. The number of amides is 1. The summed E-state index contributed by atoms with van der Waals surface area (Å²) in [6.07, 6.45) is -3.73. The monoisotopic (exact) mass is 467 g/mol. The number of hydrogen-bond acceptors (Lipinski definition) is 4. The topological polar surface area (TPSA) is 70.6 Å². The van der Waals surface area contributed by atoms with E-state index in [1.165, 1.54) is 27.4 Å². The molecule has 0 aliphatic carbocycles. The van der Waals surface area contributed by atoms with Gasteiger partial charge in [-0.2, -0.15) is 17.5 Å². The molecule has 1 fully saturated rings. The molecule has 12 heteroatoms. The molecule has 1 saturated heterocycles. The molecule has 1 amide bonds. The zero-order chi connectivity index (χ0) is 21.4. The Morgan fingerprint density at radius 2 is 1.66 bits per heavy atom. The van der Waals surface area contributed by atoms with Crippen LogP contribution in [0.15, 0.2) is 41.4 Å². The van der Waals surface area contributed by atoms with Crippen molar-refractivity contribution in [1.82, 2.24) is 14.2 Å². The molecule has 0 saturated carbocycles. The van der Waals surface area contributed by atoms with Gasteiger partial charge in [-0.15, -0.1) is 0 Å². The summed E-state index contributed by atoms with van der Waals surface area (Å²) >= 11 is 11.7. The largest absolute Gasteiger partial charge is 0.433 e. The predicted octanol–water partition coefficient (Wildman–Crippen LogP) is 3.55. The first-order chi connectivity index (χ1) is 13.5. The second-order valence-electron chi connectivity index (χ2n) is 6.20. The summed E-state index contributed by atoms with van der Waals surface area (Å²) in [4.78, 5) is 17.1. The Kier molecular flexibility index (Phi) is 6.09. The van der Waals surface area contributed by atoms with Crippen LogP contribution in [0, 0.1) is 0 Å². The van der Waals surface area contributed by atoms with Crippen molar-refractivity contribution in [3.63, 3.8) is 0 Å². The number of rotatable bonds is 3. The van der Waals surface area contributed by atoms with Crippen LogP contribution in [-0.2, 0) is 16.2 Å². The molecule has 1 aromatic heterocycles. The fourth-order valence-electron chi connectivity index (χ4n) is 2.79. The number of benzene rings is 1. The molecule has 1 aliphatic rings. The van der Waals surface area contributed by atoms with E-state index < -0.39 is 27.8 Å². The zero-order valence-corrected chi connectivity index (χ0v) is 17.0. The molecule has 0 unspecified atom stereocenters. The van der Waals surface area contributed by atoms with E-state index in [9.17, 15) is 26.4 Å².